The maximum Gasteiger partial charge on any atom is 0.297 e. The summed E-state index contributed by atoms with van der Waals surface area (Å²) in [6.45, 7) is 0. The van der Waals surface area contributed by atoms with Crippen LogP contribution in [0.15, 0.2) is 227 Å². The predicted octanol–water partition coefficient (Wildman–Crippen LogP) is 12.9. The van der Waals surface area contributed by atoms with Crippen molar-refractivity contribution in [3.8, 4) is 28.5 Å². The van der Waals surface area contributed by atoms with Gasteiger partial charge in [0, 0.05) is 61.4 Å². The Balaban J connectivity index is 0.000000173. The highest BCUT2D eigenvalue weighted by Crippen LogP contribution is 2.37. The maximum atomic E-state index is 13.9. The molecule has 14 nitrogen and oxygen atoms in total. The molecule has 3 heterocycles. The molecule has 0 unspecified atom stereocenters. The van der Waals surface area contributed by atoms with Crippen molar-refractivity contribution in [3.05, 3.63) is 270 Å². The number of hydrogen-bond acceptors (Lipinski definition) is 10. The van der Waals surface area contributed by atoms with Crippen molar-refractivity contribution < 1.29 is 19.4 Å². The van der Waals surface area contributed by atoms with Crippen molar-refractivity contribution in [3.63, 3.8) is 0 Å². The summed E-state index contributed by atoms with van der Waals surface area (Å²) in [6.07, 6.45) is 5.54. The number of allylic oxidation sites excluding steroid dienone is 1. The molecule has 70 heavy (non-hydrogen) atoms. The third kappa shape index (κ3) is 12.6. The Kier molecular flexibility index (Phi) is 16.6. The molecule has 0 amide bonds. The summed E-state index contributed by atoms with van der Waals surface area (Å²) in [7, 11) is 0. The molecular formula is C54H38Br2N8O6. The number of aromatic nitrogens is 4. The van der Waals surface area contributed by atoms with E-state index in [2.05, 4.69) is 46.8 Å². The second-order valence-electron chi connectivity index (χ2n) is 14.7. The van der Waals surface area contributed by atoms with Crippen molar-refractivity contribution in [1.29, 1.82) is 0 Å². The van der Waals surface area contributed by atoms with E-state index in [1.807, 2.05) is 121 Å². The Morgan fingerprint density at radius 2 is 1.09 bits per heavy atom. The monoisotopic (exact) mass is 1050 g/mol. The Hall–Kier alpha value is -8.86. The van der Waals surface area contributed by atoms with Crippen LogP contribution in [-0.4, -0.2) is 46.8 Å². The summed E-state index contributed by atoms with van der Waals surface area (Å²) in [5.41, 5.74) is 10.3. The van der Waals surface area contributed by atoms with Crippen LogP contribution in [0.3, 0.4) is 0 Å². The number of rotatable bonds is 12. The Bertz CT molecular complexity index is 3320. The van der Waals surface area contributed by atoms with Crippen LogP contribution in [0, 0.1) is 20.2 Å². The van der Waals surface area contributed by atoms with Crippen LogP contribution < -0.4 is 5.73 Å². The zero-order valence-electron chi connectivity index (χ0n) is 36.7. The first kappa shape index (κ1) is 49.1. The lowest BCUT2D eigenvalue weighted by Crippen LogP contribution is -2.12. The highest BCUT2D eigenvalue weighted by Gasteiger charge is 2.31. The fraction of sp³-hybridized carbons (Fsp3) is 0. The fourth-order valence-corrected chi connectivity index (χ4v) is 7.27. The number of nitro groups is 2. The summed E-state index contributed by atoms with van der Waals surface area (Å²) < 4.78 is 3.66. The summed E-state index contributed by atoms with van der Waals surface area (Å²) in [5, 5.41) is 22.6. The van der Waals surface area contributed by atoms with Crippen LogP contribution in [0.2, 0.25) is 0 Å². The highest BCUT2D eigenvalue weighted by molar-refractivity contribution is 9.10. The molecule has 3 aromatic heterocycles. The van der Waals surface area contributed by atoms with Gasteiger partial charge in [-0.2, -0.15) is 0 Å². The zero-order valence-corrected chi connectivity index (χ0v) is 39.9. The first-order valence-corrected chi connectivity index (χ1v) is 22.7. The number of benzene rings is 6. The molecule has 6 aromatic carbocycles. The van der Waals surface area contributed by atoms with Crippen molar-refractivity contribution >= 4 is 72.4 Å². The summed E-state index contributed by atoms with van der Waals surface area (Å²) in [4.78, 5) is 64.7. The topological polar surface area (TPSA) is 202 Å². The van der Waals surface area contributed by atoms with E-state index < -0.39 is 9.85 Å². The van der Waals surface area contributed by atoms with Crippen LogP contribution in [0.25, 0.3) is 34.5 Å². The van der Waals surface area contributed by atoms with Crippen LogP contribution >= 0.6 is 31.9 Å². The van der Waals surface area contributed by atoms with Gasteiger partial charge in [0.2, 0.25) is 5.78 Å². The van der Waals surface area contributed by atoms with E-state index in [9.17, 15) is 29.8 Å². The molecule has 0 fully saturated rings. The molecule has 0 aliphatic heterocycles. The quantitative estimate of drug-likeness (QED) is 0.0306. The molecule has 0 bridgehead atoms. The number of aliphatic imine (C=N–C) groups is 1. The van der Waals surface area contributed by atoms with E-state index in [0.717, 1.165) is 25.8 Å². The van der Waals surface area contributed by atoms with Gasteiger partial charge in [-0.3, -0.25) is 34.4 Å². The normalized spacial score (nSPS) is 10.9. The molecule has 0 aliphatic carbocycles. The molecule has 2 N–H and O–H groups in total. The van der Waals surface area contributed by atoms with Crippen LogP contribution in [0.4, 0.5) is 17.1 Å². The third-order valence-electron chi connectivity index (χ3n) is 10.1. The average molecular weight is 1050 g/mol. The van der Waals surface area contributed by atoms with Crippen molar-refractivity contribution in [2.75, 3.05) is 0 Å². The van der Waals surface area contributed by atoms with Gasteiger partial charge in [0.1, 0.15) is 28.7 Å². The maximum absolute atomic E-state index is 13.9. The van der Waals surface area contributed by atoms with E-state index in [1.54, 1.807) is 53.1 Å². The van der Waals surface area contributed by atoms with E-state index in [4.69, 9.17) is 10.7 Å². The first-order chi connectivity index (χ1) is 34.0. The molecule has 0 atom stereocenters. The number of ketones is 2. The molecule has 16 heteroatoms. The molecule has 0 saturated heterocycles. The Labute approximate surface area is 418 Å². The van der Waals surface area contributed by atoms with E-state index in [-0.39, 0.29) is 45.7 Å². The number of halogens is 2. The second kappa shape index (κ2) is 23.7. The molecule has 0 radical (unpaired) electrons. The number of para-hydroxylation sites is 2. The second-order valence-corrected chi connectivity index (χ2v) is 16.5. The lowest BCUT2D eigenvalue weighted by molar-refractivity contribution is -0.385. The minimum Gasteiger partial charge on any atom is -0.383 e. The number of nitrogens with zero attached hydrogens (tertiary/aromatic N) is 7. The first-order valence-electron chi connectivity index (χ1n) is 21.1. The molecule has 0 saturated carbocycles. The molecule has 9 rings (SSSR count). The molecule has 0 aliphatic rings. The SMILES string of the molecule is NC(=Nc1ccccc1)c1ccc(Br)cc1.O=C(C=Cc1ncccc1[N+](=O)[O-])c1ccccc1.O=C(c1ccccc1)c1c(-c2ncccc2[N+](=O)[O-])nc(-c2ccc(Br)cc2)n1-c1ccccc1. The van der Waals surface area contributed by atoms with Gasteiger partial charge in [0.25, 0.3) is 11.4 Å². The van der Waals surface area contributed by atoms with Crippen LogP contribution in [0.5, 0.6) is 0 Å². The number of amidine groups is 1. The minimum absolute atomic E-state index is 0.0322. The van der Waals surface area contributed by atoms with Crippen LogP contribution in [-0.2, 0) is 0 Å². The minimum atomic E-state index is -0.528. The van der Waals surface area contributed by atoms with Crippen molar-refractivity contribution in [2.45, 2.75) is 0 Å². The number of hydrogen-bond donors (Lipinski definition) is 1. The van der Waals surface area contributed by atoms with E-state index in [0.29, 0.717) is 28.5 Å². The largest absolute Gasteiger partial charge is 0.383 e. The van der Waals surface area contributed by atoms with E-state index in [1.165, 1.54) is 48.8 Å². The van der Waals surface area contributed by atoms with Crippen LogP contribution in [0.1, 0.15) is 37.7 Å². The molecule has 344 valence electrons. The number of imidazole rings is 1. The third-order valence-corrected chi connectivity index (χ3v) is 11.1. The van der Waals surface area contributed by atoms with Gasteiger partial charge in [-0.15, -0.1) is 0 Å². The fourth-order valence-electron chi connectivity index (χ4n) is 6.74. The lowest BCUT2D eigenvalue weighted by atomic mass is 10.0. The van der Waals surface area contributed by atoms with Gasteiger partial charge >= 0.3 is 0 Å². The van der Waals surface area contributed by atoms with Gasteiger partial charge in [-0.25, -0.2) is 19.9 Å². The predicted molar refractivity (Wildman–Crippen MR) is 278 cm³/mol. The summed E-state index contributed by atoms with van der Waals surface area (Å²) in [6, 6.07) is 57.4. The molecular weight excluding hydrogens is 1020 g/mol. The van der Waals surface area contributed by atoms with Gasteiger partial charge in [-0.1, -0.05) is 153 Å². The van der Waals surface area contributed by atoms with Gasteiger partial charge < -0.3 is 5.73 Å². The summed E-state index contributed by atoms with van der Waals surface area (Å²) >= 11 is 6.83. The highest BCUT2D eigenvalue weighted by atomic mass is 79.9. The number of nitrogens with two attached hydrogens (primary N) is 1. The zero-order chi connectivity index (χ0) is 49.4. The van der Waals surface area contributed by atoms with Gasteiger partial charge in [0.15, 0.2) is 11.5 Å². The number of pyridine rings is 2. The molecule has 9 aromatic rings. The van der Waals surface area contributed by atoms with Crippen molar-refractivity contribution in [2.24, 2.45) is 10.7 Å². The van der Waals surface area contributed by atoms with Crippen molar-refractivity contribution in [1.82, 2.24) is 19.5 Å². The number of carbonyl (C=O) groups excluding carboxylic acids is 2. The van der Waals surface area contributed by atoms with E-state index >= 15 is 0 Å². The van der Waals surface area contributed by atoms with Gasteiger partial charge in [-0.05, 0) is 72.8 Å². The smallest absolute Gasteiger partial charge is 0.297 e. The standard InChI is InChI=1S/C27H17BrN4O3.C14H10N2O3.C13H11BrN2/c28-20-15-13-19(14-16-20)27-30-24(23-22(32(34)35)12-7-17-29-23)25(26(33)18-8-3-1-4-9-18)31(27)21-10-5-2-6-11-21;17-14(11-5-2-1-3-6-11)9-8-12-13(16(18)19)7-4-10-15-12;14-11-8-6-10(7-9-11)13(15)16-12-4-2-1-3-5-12/h1-17H;1-10H;1-9H,(H2,15,16). The summed E-state index contributed by atoms with van der Waals surface area (Å²) in [5.74, 6) is 0.456. The molecule has 0 spiro atoms. The van der Waals surface area contributed by atoms with Gasteiger partial charge in [0.05, 0.1) is 15.5 Å². The number of carbonyl (C=O) groups is 2. The average Bonchev–Trinajstić information content (AvgIpc) is 3.80. The Morgan fingerprint density at radius 1 is 0.571 bits per heavy atom. The lowest BCUT2D eigenvalue weighted by Gasteiger charge is -2.13. The Morgan fingerprint density at radius 3 is 1.67 bits per heavy atom.